The SMILES string of the molecule is CCC(C)[C@@H](C(C)=O)n1cc(-c2cc(C(=O)C3CCNCC3)cc(-c3cn([C@@H](CCCCN)C(=O)OC)nn3)c2)nn1. The standard InChI is InChI=1S/C30H42N8O4/c1-5-19(2)28(20(3)39)38-18-26(34-36-38)23-14-22(15-24(16-23)29(40)21-9-12-32-13-10-21)25-17-37(35-33-25)27(30(41)42-4)8-6-7-11-31/h14-19,21,27-28,32H,5-13,31H2,1-4H3/t19?,27-,28-/m0/s1. The Morgan fingerprint density at radius 2 is 1.64 bits per heavy atom. The molecule has 3 heterocycles. The van der Waals surface area contributed by atoms with Crippen LogP contribution in [-0.2, 0) is 14.3 Å². The lowest BCUT2D eigenvalue weighted by Gasteiger charge is -2.21. The molecule has 0 aliphatic carbocycles. The quantitative estimate of drug-likeness (QED) is 0.165. The number of ether oxygens (including phenoxy) is 1. The van der Waals surface area contributed by atoms with Gasteiger partial charge in [-0.25, -0.2) is 14.2 Å². The summed E-state index contributed by atoms with van der Waals surface area (Å²) in [4.78, 5) is 38.7. The molecule has 1 aliphatic rings. The summed E-state index contributed by atoms with van der Waals surface area (Å²) in [6.07, 6.45) is 7.85. The van der Waals surface area contributed by atoms with Crippen molar-refractivity contribution in [3.8, 4) is 22.5 Å². The van der Waals surface area contributed by atoms with Crippen molar-refractivity contribution in [3.63, 3.8) is 0 Å². The Labute approximate surface area is 246 Å². The van der Waals surface area contributed by atoms with Crippen molar-refractivity contribution < 1.29 is 19.1 Å². The summed E-state index contributed by atoms with van der Waals surface area (Å²) in [7, 11) is 1.35. The van der Waals surface area contributed by atoms with E-state index in [9.17, 15) is 14.4 Å². The van der Waals surface area contributed by atoms with Gasteiger partial charge < -0.3 is 15.8 Å². The van der Waals surface area contributed by atoms with Gasteiger partial charge in [0, 0.05) is 22.6 Å². The number of nitrogens with one attached hydrogen (secondary N) is 1. The molecule has 0 amide bonds. The van der Waals surface area contributed by atoms with Crippen molar-refractivity contribution in [3.05, 3.63) is 36.2 Å². The highest BCUT2D eigenvalue weighted by molar-refractivity contribution is 6.00. The van der Waals surface area contributed by atoms with E-state index in [1.165, 1.54) is 11.8 Å². The van der Waals surface area contributed by atoms with Gasteiger partial charge in [0.2, 0.25) is 0 Å². The lowest BCUT2D eigenvalue weighted by atomic mass is 9.88. The van der Waals surface area contributed by atoms with E-state index >= 15 is 0 Å². The predicted molar refractivity (Wildman–Crippen MR) is 158 cm³/mol. The summed E-state index contributed by atoms with van der Waals surface area (Å²) >= 11 is 0. The normalized spacial score (nSPS) is 16.1. The summed E-state index contributed by atoms with van der Waals surface area (Å²) in [5.74, 6) is -0.325. The largest absolute Gasteiger partial charge is 0.467 e. The van der Waals surface area contributed by atoms with Crippen LogP contribution in [0.15, 0.2) is 30.6 Å². The Hall–Kier alpha value is -3.77. The number of carbonyl (C=O) groups is 3. The molecule has 1 aromatic carbocycles. The first-order valence-electron chi connectivity index (χ1n) is 14.8. The molecule has 0 saturated carbocycles. The van der Waals surface area contributed by atoms with Crippen molar-refractivity contribution in [1.29, 1.82) is 0 Å². The monoisotopic (exact) mass is 578 g/mol. The zero-order chi connectivity index (χ0) is 30.2. The van der Waals surface area contributed by atoms with Gasteiger partial charge >= 0.3 is 5.97 Å². The topological polar surface area (TPSA) is 160 Å². The van der Waals surface area contributed by atoms with Gasteiger partial charge in [-0.2, -0.15) is 0 Å². The molecule has 3 atom stereocenters. The molecule has 0 radical (unpaired) electrons. The Bertz CT molecular complexity index is 1380. The van der Waals surface area contributed by atoms with Gasteiger partial charge in [-0.15, -0.1) is 10.2 Å². The molecular weight excluding hydrogens is 536 g/mol. The summed E-state index contributed by atoms with van der Waals surface area (Å²) in [6.45, 7) is 7.75. The van der Waals surface area contributed by atoms with Crippen LogP contribution in [0.5, 0.6) is 0 Å². The number of ketones is 2. The van der Waals surface area contributed by atoms with Gasteiger partial charge in [0.05, 0.1) is 19.5 Å². The van der Waals surface area contributed by atoms with Crippen molar-refractivity contribution >= 4 is 17.5 Å². The third-order valence-electron chi connectivity index (χ3n) is 8.15. The lowest BCUT2D eigenvalue weighted by molar-refractivity contribution is -0.145. The minimum absolute atomic E-state index is 0.0135. The molecule has 12 heteroatoms. The number of hydrogen-bond acceptors (Lipinski definition) is 10. The van der Waals surface area contributed by atoms with E-state index in [4.69, 9.17) is 10.5 Å². The molecule has 1 aliphatic heterocycles. The van der Waals surface area contributed by atoms with Crippen molar-refractivity contribution in [2.24, 2.45) is 17.6 Å². The number of hydrogen-bond donors (Lipinski definition) is 2. The van der Waals surface area contributed by atoms with Crippen molar-refractivity contribution in [2.75, 3.05) is 26.7 Å². The Morgan fingerprint density at radius 1 is 1.02 bits per heavy atom. The number of carbonyl (C=O) groups excluding carboxylic acids is 3. The van der Waals surface area contributed by atoms with Crippen LogP contribution in [0.4, 0.5) is 0 Å². The molecule has 1 saturated heterocycles. The number of esters is 1. The highest BCUT2D eigenvalue weighted by Crippen LogP contribution is 2.31. The molecule has 4 rings (SSSR count). The fourth-order valence-corrected chi connectivity index (χ4v) is 5.54. The fourth-order valence-electron chi connectivity index (χ4n) is 5.54. The zero-order valence-electron chi connectivity index (χ0n) is 25.0. The number of benzene rings is 1. The molecule has 1 fully saturated rings. The van der Waals surface area contributed by atoms with Gasteiger partial charge in [-0.05, 0) is 82.8 Å². The second-order valence-corrected chi connectivity index (χ2v) is 11.1. The van der Waals surface area contributed by atoms with E-state index in [1.54, 1.807) is 24.0 Å². The van der Waals surface area contributed by atoms with Crippen LogP contribution in [0, 0.1) is 11.8 Å². The maximum Gasteiger partial charge on any atom is 0.330 e. The second-order valence-electron chi connectivity index (χ2n) is 11.1. The van der Waals surface area contributed by atoms with Gasteiger partial charge in [0.25, 0.3) is 0 Å². The van der Waals surface area contributed by atoms with Crippen LogP contribution in [0.3, 0.4) is 0 Å². The van der Waals surface area contributed by atoms with Gasteiger partial charge in [0.15, 0.2) is 17.6 Å². The number of nitrogens with zero attached hydrogens (tertiary/aromatic N) is 6. The van der Waals surface area contributed by atoms with Gasteiger partial charge in [-0.1, -0.05) is 30.7 Å². The summed E-state index contributed by atoms with van der Waals surface area (Å²) < 4.78 is 8.15. The first-order valence-corrected chi connectivity index (χ1v) is 14.8. The summed E-state index contributed by atoms with van der Waals surface area (Å²) in [5.41, 5.74) is 8.61. The number of nitrogens with two attached hydrogens (primary N) is 1. The molecule has 42 heavy (non-hydrogen) atoms. The van der Waals surface area contributed by atoms with E-state index in [-0.39, 0.29) is 23.4 Å². The van der Waals surface area contributed by atoms with E-state index < -0.39 is 18.1 Å². The highest BCUT2D eigenvalue weighted by atomic mass is 16.5. The molecule has 2 aromatic heterocycles. The average molecular weight is 579 g/mol. The second kappa shape index (κ2) is 14.4. The van der Waals surface area contributed by atoms with E-state index in [1.807, 2.05) is 32.0 Å². The van der Waals surface area contributed by atoms with Gasteiger partial charge in [0.1, 0.15) is 17.4 Å². The first kappa shape index (κ1) is 31.2. The molecule has 1 unspecified atom stereocenters. The summed E-state index contributed by atoms with van der Waals surface area (Å²) in [5, 5.41) is 20.6. The van der Waals surface area contributed by atoms with Crippen LogP contribution in [0.1, 0.15) is 81.7 Å². The summed E-state index contributed by atoms with van der Waals surface area (Å²) in [6, 6.07) is 4.49. The number of methoxy groups -OCH3 is 1. The van der Waals surface area contributed by atoms with Crippen LogP contribution < -0.4 is 11.1 Å². The average Bonchev–Trinajstić information content (AvgIpc) is 3.69. The van der Waals surface area contributed by atoms with Crippen LogP contribution in [-0.4, -0.2) is 74.3 Å². The Morgan fingerprint density at radius 3 is 2.21 bits per heavy atom. The maximum absolute atomic E-state index is 13.7. The molecule has 3 N–H and O–H groups in total. The van der Waals surface area contributed by atoms with Crippen molar-refractivity contribution in [1.82, 2.24) is 35.3 Å². The van der Waals surface area contributed by atoms with Crippen molar-refractivity contribution in [2.45, 2.75) is 71.4 Å². The third kappa shape index (κ3) is 7.16. The minimum atomic E-state index is -0.634. The number of unbranched alkanes of at least 4 members (excludes halogenated alkanes) is 1. The Kier molecular flexibility index (Phi) is 10.7. The Balaban J connectivity index is 1.74. The smallest absolute Gasteiger partial charge is 0.330 e. The van der Waals surface area contributed by atoms with Crippen LogP contribution >= 0.6 is 0 Å². The van der Waals surface area contributed by atoms with E-state index in [2.05, 4.69) is 25.9 Å². The molecule has 12 nitrogen and oxygen atoms in total. The number of aromatic nitrogens is 6. The molecule has 0 spiro atoms. The van der Waals surface area contributed by atoms with Crippen LogP contribution in [0.25, 0.3) is 22.5 Å². The maximum atomic E-state index is 13.7. The van der Waals surface area contributed by atoms with Gasteiger partial charge in [-0.3, -0.25) is 9.59 Å². The molecular formula is C30H42N8O4. The molecule has 3 aromatic rings. The lowest BCUT2D eigenvalue weighted by Crippen LogP contribution is -2.31. The molecule has 0 bridgehead atoms. The number of Topliss-reactive ketones (excluding diaryl/α,β-unsaturated/α-hetero) is 2. The third-order valence-corrected chi connectivity index (χ3v) is 8.15. The van der Waals surface area contributed by atoms with Crippen LogP contribution in [0.2, 0.25) is 0 Å². The first-order chi connectivity index (χ1) is 20.3. The number of rotatable bonds is 14. The van der Waals surface area contributed by atoms with E-state index in [0.29, 0.717) is 41.0 Å². The zero-order valence-corrected chi connectivity index (χ0v) is 25.0. The fraction of sp³-hybridized carbons (Fsp3) is 0.567. The van der Waals surface area contributed by atoms with E-state index in [0.717, 1.165) is 45.2 Å². The highest BCUT2D eigenvalue weighted by Gasteiger charge is 2.27. The minimum Gasteiger partial charge on any atom is -0.467 e. The predicted octanol–water partition coefficient (Wildman–Crippen LogP) is 3.41. The number of piperidine rings is 1. The molecule has 226 valence electrons.